The van der Waals surface area contributed by atoms with Gasteiger partial charge in [-0.25, -0.2) is 8.78 Å². The van der Waals surface area contributed by atoms with E-state index in [9.17, 15) is 8.78 Å². The van der Waals surface area contributed by atoms with Gasteiger partial charge in [0, 0.05) is 12.6 Å². The number of aryl methyl sites for hydroxylation is 1. The highest BCUT2D eigenvalue weighted by Gasteiger charge is 2.07. The van der Waals surface area contributed by atoms with Gasteiger partial charge in [-0.15, -0.1) is 0 Å². The zero-order chi connectivity index (χ0) is 13.1. The van der Waals surface area contributed by atoms with Gasteiger partial charge in [-0.05, 0) is 34.5 Å². The van der Waals surface area contributed by atoms with Gasteiger partial charge in [-0.2, -0.15) is 0 Å². The molecule has 0 saturated heterocycles. The van der Waals surface area contributed by atoms with Crippen molar-refractivity contribution in [1.29, 1.82) is 0 Å². The van der Waals surface area contributed by atoms with Crippen LogP contribution in [-0.4, -0.2) is 0 Å². The summed E-state index contributed by atoms with van der Waals surface area (Å²) in [5.41, 5.74) is 2.50. The highest BCUT2D eigenvalue weighted by molar-refractivity contribution is 9.10. The molecule has 0 fully saturated rings. The van der Waals surface area contributed by atoms with E-state index in [2.05, 4.69) is 21.2 Å². The molecule has 0 amide bonds. The number of anilines is 1. The second kappa shape index (κ2) is 5.48. The fraction of sp³-hybridized carbons (Fsp3) is 0.143. The van der Waals surface area contributed by atoms with Gasteiger partial charge in [0.1, 0.15) is 11.6 Å². The fourth-order valence-electron chi connectivity index (χ4n) is 1.56. The molecule has 1 nitrogen and oxygen atoms in total. The topological polar surface area (TPSA) is 12.0 Å². The Hall–Kier alpha value is -1.42. The minimum absolute atomic E-state index is 0.246. The second-order valence-corrected chi connectivity index (χ2v) is 4.94. The monoisotopic (exact) mass is 311 g/mol. The predicted octanol–water partition coefficient (Wildman–Crippen LogP) is 4.65. The van der Waals surface area contributed by atoms with Gasteiger partial charge < -0.3 is 5.32 Å². The fourth-order valence-corrected chi connectivity index (χ4v) is 1.90. The summed E-state index contributed by atoms with van der Waals surface area (Å²) in [5.74, 6) is -1.20. The minimum atomic E-state index is -0.603. The molecule has 0 bridgehead atoms. The van der Waals surface area contributed by atoms with Crippen LogP contribution in [0.3, 0.4) is 0 Å². The van der Waals surface area contributed by atoms with Crippen LogP contribution in [0.1, 0.15) is 11.1 Å². The molecule has 0 aromatic heterocycles. The number of nitrogens with one attached hydrogen (secondary N) is 1. The molecule has 2 aromatic rings. The molecule has 0 atom stereocenters. The zero-order valence-corrected chi connectivity index (χ0v) is 11.4. The molecule has 4 heteroatoms. The van der Waals surface area contributed by atoms with Gasteiger partial charge >= 0.3 is 0 Å². The number of hydrogen-bond acceptors (Lipinski definition) is 1. The average molecular weight is 312 g/mol. The molecule has 1 N–H and O–H groups in total. The normalized spacial score (nSPS) is 10.4. The largest absolute Gasteiger partial charge is 0.379 e. The number of halogens is 3. The number of rotatable bonds is 3. The van der Waals surface area contributed by atoms with Crippen molar-refractivity contribution in [2.24, 2.45) is 0 Å². The van der Waals surface area contributed by atoms with Crippen LogP contribution in [0.15, 0.2) is 40.9 Å². The van der Waals surface area contributed by atoms with Crippen molar-refractivity contribution in [3.05, 3.63) is 63.6 Å². The zero-order valence-electron chi connectivity index (χ0n) is 9.81. The Morgan fingerprint density at radius 2 is 1.72 bits per heavy atom. The molecule has 0 aliphatic rings. The first-order valence-electron chi connectivity index (χ1n) is 5.50. The van der Waals surface area contributed by atoms with Crippen LogP contribution in [-0.2, 0) is 6.54 Å². The molecule has 0 aliphatic carbocycles. The SMILES string of the molecule is Cc1ccc(CNc2cc(Br)c(F)cc2F)cc1. The number of hydrogen-bond donors (Lipinski definition) is 1. The van der Waals surface area contributed by atoms with Crippen LogP contribution >= 0.6 is 15.9 Å². The van der Waals surface area contributed by atoms with Crippen LogP contribution in [0.4, 0.5) is 14.5 Å². The molecule has 0 spiro atoms. The van der Waals surface area contributed by atoms with Crippen LogP contribution < -0.4 is 5.32 Å². The van der Waals surface area contributed by atoms with Crippen molar-refractivity contribution in [1.82, 2.24) is 0 Å². The molecule has 2 aromatic carbocycles. The third kappa shape index (κ3) is 3.07. The third-order valence-electron chi connectivity index (χ3n) is 2.61. The second-order valence-electron chi connectivity index (χ2n) is 4.09. The van der Waals surface area contributed by atoms with Crippen molar-refractivity contribution in [2.75, 3.05) is 5.32 Å². The molecule has 0 heterocycles. The van der Waals surface area contributed by atoms with Crippen molar-refractivity contribution in [2.45, 2.75) is 13.5 Å². The molecule has 18 heavy (non-hydrogen) atoms. The molecule has 0 unspecified atom stereocenters. The molecule has 0 radical (unpaired) electrons. The average Bonchev–Trinajstić information content (AvgIpc) is 2.34. The lowest BCUT2D eigenvalue weighted by molar-refractivity contribution is 0.580. The Bertz CT molecular complexity index is 552. The first-order valence-corrected chi connectivity index (χ1v) is 6.29. The van der Waals surface area contributed by atoms with Crippen molar-refractivity contribution < 1.29 is 8.78 Å². The van der Waals surface area contributed by atoms with E-state index in [0.717, 1.165) is 11.6 Å². The molecular formula is C14H12BrF2N. The van der Waals surface area contributed by atoms with Crippen LogP contribution in [0.2, 0.25) is 0 Å². The van der Waals surface area contributed by atoms with Gasteiger partial charge in [0.05, 0.1) is 10.2 Å². The van der Waals surface area contributed by atoms with E-state index in [4.69, 9.17) is 0 Å². The predicted molar refractivity (Wildman–Crippen MR) is 72.6 cm³/mol. The van der Waals surface area contributed by atoms with Crippen LogP contribution in [0, 0.1) is 18.6 Å². The Morgan fingerprint density at radius 1 is 1.06 bits per heavy atom. The van der Waals surface area contributed by atoms with E-state index in [0.29, 0.717) is 6.54 Å². The summed E-state index contributed by atoms with van der Waals surface area (Å²) in [7, 11) is 0. The van der Waals surface area contributed by atoms with Crippen LogP contribution in [0.25, 0.3) is 0 Å². The van der Waals surface area contributed by atoms with Crippen molar-refractivity contribution in [3.63, 3.8) is 0 Å². The van der Waals surface area contributed by atoms with Crippen LogP contribution in [0.5, 0.6) is 0 Å². The van der Waals surface area contributed by atoms with Gasteiger partial charge in [0.15, 0.2) is 0 Å². The van der Waals surface area contributed by atoms with Gasteiger partial charge in [0.2, 0.25) is 0 Å². The lowest BCUT2D eigenvalue weighted by atomic mass is 10.1. The molecule has 0 aliphatic heterocycles. The lowest BCUT2D eigenvalue weighted by Gasteiger charge is -2.09. The summed E-state index contributed by atoms with van der Waals surface area (Å²) in [6, 6.07) is 10.2. The van der Waals surface area contributed by atoms with Gasteiger partial charge in [-0.3, -0.25) is 0 Å². The highest BCUT2D eigenvalue weighted by Crippen LogP contribution is 2.24. The Kier molecular flexibility index (Phi) is 3.97. The lowest BCUT2D eigenvalue weighted by Crippen LogP contribution is -2.02. The maximum absolute atomic E-state index is 13.5. The summed E-state index contributed by atoms with van der Waals surface area (Å²) in [5, 5.41) is 2.95. The minimum Gasteiger partial charge on any atom is -0.379 e. The Labute approximate surface area is 113 Å². The van der Waals surface area contributed by atoms with E-state index in [1.165, 1.54) is 11.6 Å². The van der Waals surface area contributed by atoms with Crippen molar-refractivity contribution in [3.8, 4) is 0 Å². The van der Waals surface area contributed by atoms with E-state index < -0.39 is 11.6 Å². The first-order chi connectivity index (χ1) is 8.56. The van der Waals surface area contributed by atoms with Gasteiger partial charge in [0.25, 0.3) is 0 Å². The Balaban J connectivity index is 2.10. The number of benzene rings is 2. The smallest absolute Gasteiger partial charge is 0.149 e. The first kappa shape index (κ1) is 13.0. The quantitative estimate of drug-likeness (QED) is 0.814. The van der Waals surface area contributed by atoms with E-state index in [1.54, 1.807) is 0 Å². The molecule has 0 saturated carbocycles. The Morgan fingerprint density at radius 3 is 2.39 bits per heavy atom. The third-order valence-corrected chi connectivity index (χ3v) is 3.22. The van der Waals surface area contributed by atoms with E-state index in [1.807, 2.05) is 31.2 Å². The summed E-state index contributed by atoms with van der Waals surface area (Å²) < 4.78 is 26.8. The molecular weight excluding hydrogens is 300 g/mol. The van der Waals surface area contributed by atoms with E-state index >= 15 is 0 Å². The highest BCUT2D eigenvalue weighted by atomic mass is 79.9. The molecule has 2 rings (SSSR count). The maximum atomic E-state index is 13.5. The van der Waals surface area contributed by atoms with E-state index in [-0.39, 0.29) is 10.2 Å². The summed E-state index contributed by atoms with van der Waals surface area (Å²) in [6.07, 6.45) is 0. The molecule has 94 valence electrons. The standard InChI is InChI=1S/C14H12BrF2N/c1-9-2-4-10(5-3-9)8-18-14-6-11(15)12(16)7-13(14)17/h2-7,18H,8H2,1H3. The summed E-state index contributed by atoms with van der Waals surface area (Å²) in [6.45, 7) is 2.50. The van der Waals surface area contributed by atoms with Crippen molar-refractivity contribution >= 4 is 21.6 Å². The van der Waals surface area contributed by atoms with Gasteiger partial charge in [-0.1, -0.05) is 29.8 Å². The summed E-state index contributed by atoms with van der Waals surface area (Å²) in [4.78, 5) is 0. The maximum Gasteiger partial charge on any atom is 0.149 e. The summed E-state index contributed by atoms with van der Waals surface area (Å²) >= 11 is 3.03.